The lowest BCUT2D eigenvalue weighted by atomic mass is 10.0. The van der Waals surface area contributed by atoms with Crippen molar-refractivity contribution >= 4 is 27.6 Å². The van der Waals surface area contributed by atoms with Gasteiger partial charge in [0.25, 0.3) is 0 Å². The molecule has 0 aromatic heterocycles. The fourth-order valence-corrected chi connectivity index (χ4v) is 2.52. The summed E-state index contributed by atoms with van der Waals surface area (Å²) in [5.41, 5.74) is 2.37. The molecule has 0 amide bonds. The predicted molar refractivity (Wildman–Crippen MR) is 80.2 cm³/mol. The first kappa shape index (κ1) is 12.8. The molecule has 0 bridgehead atoms. The number of ether oxygens (including phenoxy) is 2. The summed E-state index contributed by atoms with van der Waals surface area (Å²) in [7, 11) is 0. The van der Waals surface area contributed by atoms with E-state index in [-0.39, 0.29) is 6.79 Å². The third-order valence-electron chi connectivity index (χ3n) is 2.99. The summed E-state index contributed by atoms with van der Waals surface area (Å²) < 4.78 is 11.5. The molecule has 0 saturated heterocycles. The first-order valence-electron chi connectivity index (χ1n) is 6.04. The van der Waals surface area contributed by atoms with E-state index in [1.807, 2.05) is 48.5 Å². The highest BCUT2D eigenvalue weighted by atomic mass is 79.9. The molecule has 1 aliphatic heterocycles. The average Bonchev–Trinajstić information content (AvgIpc) is 2.93. The Hall–Kier alpha value is -2.25. The molecule has 3 nitrogen and oxygen atoms in total. The van der Waals surface area contributed by atoms with Crippen LogP contribution in [0.3, 0.4) is 0 Å². The Morgan fingerprint density at radius 2 is 1.95 bits per heavy atom. The van der Waals surface area contributed by atoms with Gasteiger partial charge in [-0.05, 0) is 29.8 Å². The molecular formula is C16H10BrNO2. The highest BCUT2D eigenvalue weighted by Gasteiger charge is 2.13. The molecule has 0 saturated carbocycles. The van der Waals surface area contributed by atoms with Crippen LogP contribution in [0.5, 0.6) is 11.5 Å². The maximum Gasteiger partial charge on any atom is 0.231 e. The number of rotatable bonds is 2. The van der Waals surface area contributed by atoms with Crippen LogP contribution in [0, 0.1) is 11.3 Å². The zero-order valence-corrected chi connectivity index (χ0v) is 12.1. The number of allylic oxidation sites excluding steroid dienone is 1. The van der Waals surface area contributed by atoms with Crippen molar-refractivity contribution in [3.63, 3.8) is 0 Å². The van der Waals surface area contributed by atoms with Crippen LogP contribution in [0.2, 0.25) is 0 Å². The van der Waals surface area contributed by atoms with E-state index < -0.39 is 0 Å². The number of hydrogen-bond acceptors (Lipinski definition) is 3. The van der Waals surface area contributed by atoms with Gasteiger partial charge in [-0.2, -0.15) is 5.26 Å². The van der Waals surface area contributed by atoms with Crippen LogP contribution in [-0.4, -0.2) is 6.79 Å². The van der Waals surface area contributed by atoms with Crippen LogP contribution < -0.4 is 9.47 Å². The van der Waals surface area contributed by atoms with Crippen LogP contribution in [0.15, 0.2) is 46.9 Å². The normalized spacial score (nSPS) is 13.1. The van der Waals surface area contributed by atoms with E-state index >= 15 is 0 Å². The van der Waals surface area contributed by atoms with Crippen LogP contribution >= 0.6 is 15.9 Å². The molecule has 1 heterocycles. The molecule has 2 aromatic carbocycles. The van der Waals surface area contributed by atoms with Gasteiger partial charge in [-0.15, -0.1) is 0 Å². The predicted octanol–water partition coefficient (Wildman–Crippen LogP) is 4.24. The maximum atomic E-state index is 9.36. The highest BCUT2D eigenvalue weighted by Crippen LogP contribution is 2.34. The van der Waals surface area contributed by atoms with E-state index in [2.05, 4.69) is 22.0 Å². The van der Waals surface area contributed by atoms with Gasteiger partial charge in [-0.25, -0.2) is 0 Å². The van der Waals surface area contributed by atoms with Gasteiger partial charge in [0.2, 0.25) is 6.79 Å². The molecule has 0 aliphatic carbocycles. The molecule has 3 rings (SSSR count). The fourth-order valence-electron chi connectivity index (χ4n) is 2.02. The van der Waals surface area contributed by atoms with Crippen molar-refractivity contribution in [2.24, 2.45) is 0 Å². The molecule has 0 spiro atoms. The van der Waals surface area contributed by atoms with E-state index in [1.165, 1.54) is 0 Å². The molecule has 0 unspecified atom stereocenters. The SMILES string of the molecule is N#C/C(=C\c1ccc2c(c1)OCO2)c1ccccc1Br. The smallest absolute Gasteiger partial charge is 0.231 e. The third kappa shape index (κ3) is 2.40. The lowest BCUT2D eigenvalue weighted by molar-refractivity contribution is 0.174. The average molecular weight is 328 g/mol. The molecule has 20 heavy (non-hydrogen) atoms. The van der Waals surface area contributed by atoms with Crippen molar-refractivity contribution in [2.75, 3.05) is 6.79 Å². The van der Waals surface area contributed by atoms with Crippen molar-refractivity contribution in [3.05, 3.63) is 58.1 Å². The number of benzene rings is 2. The fraction of sp³-hybridized carbons (Fsp3) is 0.0625. The second kappa shape index (κ2) is 5.40. The van der Waals surface area contributed by atoms with Crippen molar-refractivity contribution in [1.82, 2.24) is 0 Å². The van der Waals surface area contributed by atoms with E-state index in [4.69, 9.17) is 9.47 Å². The van der Waals surface area contributed by atoms with Gasteiger partial charge < -0.3 is 9.47 Å². The van der Waals surface area contributed by atoms with Crippen molar-refractivity contribution in [1.29, 1.82) is 5.26 Å². The van der Waals surface area contributed by atoms with Gasteiger partial charge in [-0.3, -0.25) is 0 Å². The summed E-state index contributed by atoms with van der Waals surface area (Å²) in [6.07, 6.45) is 1.84. The minimum atomic E-state index is 0.248. The quantitative estimate of drug-likeness (QED) is 0.612. The molecule has 4 heteroatoms. The first-order chi connectivity index (χ1) is 9.78. The molecule has 0 fully saturated rings. The van der Waals surface area contributed by atoms with Gasteiger partial charge in [0, 0.05) is 10.0 Å². The minimum Gasteiger partial charge on any atom is -0.454 e. The number of fused-ring (bicyclic) bond motifs is 1. The lowest BCUT2D eigenvalue weighted by Crippen LogP contribution is -1.92. The van der Waals surface area contributed by atoms with E-state index in [9.17, 15) is 5.26 Å². The number of hydrogen-bond donors (Lipinski definition) is 0. The lowest BCUT2D eigenvalue weighted by Gasteiger charge is -2.03. The number of nitrogens with zero attached hydrogens (tertiary/aromatic N) is 1. The van der Waals surface area contributed by atoms with Gasteiger partial charge in [-0.1, -0.05) is 40.2 Å². The van der Waals surface area contributed by atoms with Gasteiger partial charge in [0.1, 0.15) is 0 Å². The van der Waals surface area contributed by atoms with E-state index in [0.717, 1.165) is 21.3 Å². The summed E-state index contributed by atoms with van der Waals surface area (Å²) in [6, 6.07) is 15.5. The second-order valence-electron chi connectivity index (χ2n) is 4.26. The van der Waals surface area contributed by atoms with Gasteiger partial charge in [0.15, 0.2) is 11.5 Å². The Balaban J connectivity index is 2.02. The maximum absolute atomic E-state index is 9.36. The van der Waals surface area contributed by atoms with Crippen molar-refractivity contribution < 1.29 is 9.47 Å². The number of nitriles is 1. The Morgan fingerprint density at radius 1 is 1.15 bits per heavy atom. The highest BCUT2D eigenvalue weighted by molar-refractivity contribution is 9.10. The zero-order chi connectivity index (χ0) is 13.9. The molecule has 1 aliphatic rings. The zero-order valence-electron chi connectivity index (χ0n) is 10.5. The van der Waals surface area contributed by atoms with Crippen LogP contribution in [0.1, 0.15) is 11.1 Å². The van der Waals surface area contributed by atoms with Crippen molar-refractivity contribution in [3.8, 4) is 17.6 Å². The second-order valence-corrected chi connectivity index (χ2v) is 5.12. The number of halogens is 1. The van der Waals surface area contributed by atoms with Crippen LogP contribution in [-0.2, 0) is 0 Å². The topological polar surface area (TPSA) is 42.2 Å². The largest absolute Gasteiger partial charge is 0.454 e. The standard InChI is InChI=1S/C16H10BrNO2/c17-14-4-2-1-3-13(14)12(9-18)7-11-5-6-15-16(8-11)20-10-19-15/h1-8H,10H2/b12-7+. The first-order valence-corrected chi connectivity index (χ1v) is 6.83. The van der Waals surface area contributed by atoms with E-state index in [0.29, 0.717) is 11.3 Å². The Labute approximate surface area is 125 Å². The van der Waals surface area contributed by atoms with Crippen LogP contribution in [0.4, 0.5) is 0 Å². The Bertz CT molecular complexity index is 731. The summed E-state index contributed by atoms with van der Waals surface area (Å²) in [4.78, 5) is 0. The van der Waals surface area contributed by atoms with Crippen LogP contribution in [0.25, 0.3) is 11.6 Å². The summed E-state index contributed by atoms with van der Waals surface area (Å²) in [5, 5.41) is 9.36. The molecular weight excluding hydrogens is 318 g/mol. The summed E-state index contributed by atoms with van der Waals surface area (Å²) >= 11 is 3.46. The van der Waals surface area contributed by atoms with Crippen molar-refractivity contribution in [2.45, 2.75) is 0 Å². The van der Waals surface area contributed by atoms with Gasteiger partial charge in [0.05, 0.1) is 11.6 Å². The minimum absolute atomic E-state index is 0.248. The van der Waals surface area contributed by atoms with Gasteiger partial charge >= 0.3 is 0 Å². The molecule has 2 aromatic rings. The Morgan fingerprint density at radius 3 is 2.75 bits per heavy atom. The molecule has 0 radical (unpaired) electrons. The monoisotopic (exact) mass is 327 g/mol. The van der Waals surface area contributed by atoms with E-state index in [1.54, 1.807) is 0 Å². The molecule has 98 valence electrons. The third-order valence-corrected chi connectivity index (χ3v) is 3.68. The Kier molecular flexibility index (Phi) is 3.44. The summed E-state index contributed by atoms with van der Waals surface area (Å²) in [6.45, 7) is 0.248. The molecule has 0 atom stereocenters. The summed E-state index contributed by atoms with van der Waals surface area (Å²) in [5.74, 6) is 1.45. The molecule has 0 N–H and O–H groups in total.